The average Bonchev–Trinajstić information content (AvgIpc) is 3.04. The molecule has 1 amide bonds. The van der Waals surface area contributed by atoms with Gasteiger partial charge in [0.15, 0.2) is 5.96 Å². The molecule has 1 saturated heterocycles. The van der Waals surface area contributed by atoms with Crippen molar-refractivity contribution in [2.45, 2.75) is 39.2 Å². The first kappa shape index (κ1) is 25.2. The highest BCUT2D eigenvalue weighted by Gasteiger charge is 2.16. The largest absolute Gasteiger partial charge is 0.444 e. The minimum atomic E-state index is -0.484. The van der Waals surface area contributed by atoms with E-state index in [-0.39, 0.29) is 24.0 Å². The monoisotopic (exact) mass is 486 g/mol. The van der Waals surface area contributed by atoms with Crippen LogP contribution in [-0.2, 0) is 14.2 Å². The second-order valence-corrected chi connectivity index (χ2v) is 7.01. The Hall–Kier alpha value is -0.810. The molecule has 0 bridgehead atoms. The zero-order valence-corrected chi connectivity index (χ0v) is 18.8. The van der Waals surface area contributed by atoms with Crippen molar-refractivity contribution in [3.8, 4) is 0 Å². The molecule has 0 aromatic carbocycles. The number of rotatable bonds is 9. The molecule has 0 aromatic heterocycles. The van der Waals surface area contributed by atoms with Gasteiger partial charge in [-0.3, -0.25) is 4.99 Å². The molecule has 1 rings (SSSR count). The van der Waals surface area contributed by atoms with E-state index >= 15 is 0 Å². The number of amides is 1. The summed E-state index contributed by atoms with van der Waals surface area (Å²) in [7, 11) is 1.72. The number of ether oxygens (including phenoxy) is 3. The van der Waals surface area contributed by atoms with Gasteiger partial charge in [-0.05, 0) is 33.6 Å². The Bertz CT molecular complexity index is 410. The third-order valence-electron chi connectivity index (χ3n) is 3.44. The predicted octanol–water partition coefficient (Wildman–Crippen LogP) is 1.74. The van der Waals surface area contributed by atoms with Crippen molar-refractivity contribution in [1.29, 1.82) is 0 Å². The van der Waals surface area contributed by atoms with E-state index in [1.807, 2.05) is 20.8 Å². The zero-order valence-electron chi connectivity index (χ0n) is 16.4. The summed E-state index contributed by atoms with van der Waals surface area (Å²) in [5.41, 5.74) is -0.484. The fourth-order valence-corrected chi connectivity index (χ4v) is 2.23. The maximum Gasteiger partial charge on any atom is 0.407 e. The van der Waals surface area contributed by atoms with E-state index in [1.54, 1.807) is 7.05 Å². The van der Waals surface area contributed by atoms with Gasteiger partial charge in [0, 0.05) is 45.8 Å². The van der Waals surface area contributed by atoms with Crippen LogP contribution in [0.2, 0.25) is 0 Å². The van der Waals surface area contributed by atoms with Gasteiger partial charge in [-0.15, -0.1) is 24.0 Å². The SMILES string of the molecule is CN=C(NCCCOCC1CCOC1)NCCNC(=O)OC(C)(C)C.I. The zero-order chi connectivity index (χ0) is 18.5. The summed E-state index contributed by atoms with van der Waals surface area (Å²) < 4.78 is 16.1. The quantitative estimate of drug-likeness (QED) is 0.199. The van der Waals surface area contributed by atoms with E-state index < -0.39 is 11.7 Å². The van der Waals surface area contributed by atoms with Crippen LogP contribution in [-0.4, -0.2) is 70.8 Å². The second-order valence-electron chi connectivity index (χ2n) is 7.01. The topological polar surface area (TPSA) is 93.2 Å². The molecule has 0 saturated carbocycles. The van der Waals surface area contributed by atoms with Crippen molar-refractivity contribution >= 4 is 36.0 Å². The van der Waals surface area contributed by atoms with Gasteiger partial charge in [-0.2, -0.15) is 0 Å². The highest BCUT2D eigenvalue weighted by Crippen LogP contribution is 2.12. The van der Waals surface area contributed by atoms with E-state index in [9.17, 15) is 4.79 Å². The molecule has 0 aromatic rings. The lowest BCUT2D eigenvalue weighted by Crippen LogP contribution is -2.42. The first-order chi connectivity index (χ1) is 11.9. The number of guanidine groups is 1. The van der Waals surface area contributed by atoms with Crippen molar-refractivity contribution in [1.82, 2.24) is 16.0 Å². The molecule has 8 nitrogen and oxygen atoms in total. The molecule has 9 heteroatoms. The van der Waals surface area contributed by atoms with Crippen molar-refractivity contribution < 1.29 is 19.0 Å². The van der Waals surface area contributed by atoms with Crippen LogP contribution in [0.1, 0.15) is 33.6 Å². The van der Waals surface area contributed by atoms with Gasteiger partial charge < -0.3 is 30.2 Å². The summed E-state index contributed by atoms with van der Waals surface area (Å²) in [6.07, 6.45) is 1.60. The first-order valence-corrected chi connectivity index (χ1v) is 8.97. The van der Waals surface area contributed by atoms with Crippen LogP contribution >= 0.6 is 24.0 Å². The summed E-state index contributed by atoms with van der Waals surface area (Å²) in [6.45, 7) is 10.5. The molecule has 0 aliphatic carbocycles. The molecule has 1 aliphatic heterocycles. The van der Waals surface area contributed by atoms with E-state index in [0.29, 0.717) is 25.0 Å². The van der Waals surface area contributed by atoms with Gasteiger partial charge in [-0.1, -0.05) is 0 Å². The lowest BCUT2D eigenvalue weighted by atomic mass is 10.1. The Morgan fingerprint density at radius 3 is 2.50 bits per heavy atom. The number of alkyl carbamates (subject to hydrolysis) is 1. The maximum absolute atomic E-state index is 11.5. The van der Waals surface area contributed by atoms with E-state index in [0.717, 1.165) is 45.8 Å². The number of nitrogens with one attached hydrogen (secondary N) is 3. The number of carbonyl (C=O) groups excluding carboxylic acids is 1. The molecule has 3 N–H and O–H groups in total. The summed E-state index contributed by atoms with van der Waals surface area (Å²) >= 11 is 0. The van der Waals surface area contributed by atoms with Crippen molar-refractivity contribution in [2.24, 2.45) is 10.9 Å². The first-order valence-electron chi connectivity index (χ1n) is 8.97. The van der Waals surface area contributed by atoms with Crippen molar-refractivity contribution in [2.75, 3.05) is 53.1 Å². The summed E-state index contributed by atoms with van der Waals surface area (Å²) in [5, 5.41) is 9.04. The Morgan fingerprint density at radius 2 is 1.88 bits per heavy atom. The van der Waals surface area contributed by atoms with Crippen LogP contribution in [0.3, 0.4) is 0 Å². The predicted molar refractivity (Wildman–Crippen MR) is 113 cm³/mol. The van der Waals surface area contributed by atoms with Crippen LogP contribution in [0.4, 0.5) is 4.79 Å². The summed E-state index contributed by atoms with van der Waals surface area (Å²) in [4.78, 5) is 15.6. The number of aliphatic imine (C=N–C) groups is 1. The minimum Gasteiger partial charge on any atom is -0.444 e. The number of hydrogen-bond acceptors (Lipinski definition) is 5. The van der Waals surface area contributed by atoms with Gasteiger partial charge in [0.05, 0.1) is 13.2 Å². The van der Waals surface area contributed by atoms with Gasteiger partial charge in [0.2, 0.25) is 0 Å². The molecule has 154 valence electrons. The smallest absolute Gasteiger partial charge is 0.407 e. The van der Waals surface area contributed by atoms with Crippen LogP contribution in [0.5, 0.6) is 0 Å². The minimum absolute atomic E-state index is 0. The Morgan fingerprint density at radius 1 is 1.19 bits per heavy atom. The van der Waals surface area contributed by atoms with Gasteiger partial charge in [0.25, 0.3) is 0 Å². The standard InChI is InChI=1S/C17H34N4O4.HI/c1-17(2,3)25-16(22)21-9-8-20-15(18-4)19-7-5-10-23-12-14-6-11-24-13-14;/h14H,5-13H2,1-4H3,(H,21,22)(H2,18,19,20);1H. The van der Waals surface area contributed by atoms with E-state index in [2.05, 4.69) is 20.9 Å². The Balaban J connectivity index is 0.00000625. The second kappa shape index (κ2) is 14.3. The number of halogens is 1. The molecule has 1 heterocycles. The highest BCUT2D eigenvalue weighted by molar-refractivity contribution is 14.0. The van der Waals surface area contributed by atoms with Gasteiger partial charge in [0.1, 0.15) is 5.60 Å². The fraction of sp³-hybridized carbons (Fsp3) is 0.882. The third-order valence-corrected chi connectivity index (χ3v) is 3.44. The molecule has 1 atom stereocenters. The van der Waals surface area contributed by atoms with E-state index in [4.69, 9.17) is 14.2 Å². The van der Waals surface area contributed by atoms with Gasteiger partial charge >= 0.3 is 6.09 Å². The molecule has 26 heavy (non-hydrogen) atoms. The molecule has 0 spiro atoms. The normalized spacial score (nSPS) is 17.4. The van der Waals surface area contributed by atoms with Crippen LogP contribution < -0.4 is 16.0 Å². The third kappa shape index (κ3) is 13.4. The maximum atomic E-state index is 11.5. The van der Waals surface area contributed by atoms with Crippen LogP contribution in [0.25, 0.3) is 0 Å². The van der Waals surface area contributed by atoms with Crippen molar-refractivity contribution in [3.05, 3.63) is 0 Å². The van der Waals surface area contributed by atoms with Crippen molar-refractivity contribution in [3.63, 3.8) is 0 Å². The molecule has 0 radical (unpaired) electrons. The van der Waals surface area contributed by atoms with Crippen LogP contribution in [0, 0.1) is 5.92 Å². The molecular weight excluding hydrogens is 451 g/mol. The lowest BCUT2D eigenvalue weighted by Gasteiger charge is -2.19. The number of hydrogen-bond donors (Lipinski definition) is 3. The lowest BCUT2D eigenvalue weighted by molar-refractivity contribution is 0.0529. The van der Waals surface area contributed by atoms with Crippen LogP contribution in [0.15, 0.2) is 4.99 Å². The Labute approximate surface area is 174 Å². The molecule has 1 unspecified atom stereocenters. The summed E-state index contributed by atoms with van der Waals surface area (Å²) in [5.74, 6) is 1.26. The average molecular weight is 486 g/mol. The molecular formula is C17H35IN4O4. The fourth-order valence-electron chi connectivity index (χ4n) is 2.23. The molecule has 1 fully saturated rings. The number of nitrogens with zero attached hydrogens (tertiary/aromatic N) is 1. The number of carbonyl (C=O) groups is 1. The summed E-state index contributed by atoms with van der Waals surface area (Å²) in [6, 6.07) is 0. The van der Waals surface area contributed by atoms with E-state index in [1.165, 1.54) is 0 Å². The highest BCUT2D eigenvalue weighted by atomic mass is 127. The Kier molecular flexibility index (Phi) is 13.8. The molecule has 1 aliphatic rings. The van der Waals surface area contributed by atoms with Gasteiger partial charge in [-0.25, -0.2) is 4.79 Å².